The Morgan fingerprint density at radius 2 is 1.95 bits per heavy atom. The summed E-state index contributed by atoms with van der Waals surface area (Å²) < 4.78 is 23.9. The lowest BCUT2D eigenvalue weighted by Gasteiger charge is -2.36. The molecule has 1 aromatic rings. The fourth-order valence-electron chi connectivity index (χ4n) is 2.70. The minimum absolute atomic E-state index is 0.203. The van der Waals surface area contributed by atoms with Crippen molar-refractivity contribution in [2.24, 2.45) is 0 Å². The lowest BCUT2D eigenvalue weighted by atomic mass is 9.96. The Kier molecular flexibility index (Phi) is 4.63. The zero-order valence-electron chi connectivity index (χ0n) is 13.4. The maximum atomic E-state index is 12.3. The summed E-state index contributed by atoms with van der Waals surface area (Å²) in [5.41, 5.74) is 2.42. The molecule has 1 heterocycles. The van der Waals surface area contributed by atoms with Crippen LogP contribution in [0.15, 0.2) is 24.3 Å². The van der Waals surface area contributed by atoms with Crippen molar-refractivity contribution in [1.29, 1.82) is 0 Å². The highest BCUT2D eigenvalue weighted by molar-refractivity contribution is 7.92. The van der Waals surface area contributed by atoms with E-state index in [1.807, 2.05) is 19.2 Å². The Morgan fingerprint density at radius 3 is 2.57 bits per heavy atom. The Hall–Kier alpha value is -1.07. The quantitative estimate of drug-likeness (QED) is 0.927. The largest absolute Gasteiger partial charge is 0.370 e. The summed E-state index contributed by atoms with van der Waals surface area (Å²) in [6, 6.07) is 8.63. The third kappa shape index (κ3) is 3.40. The van der Waals surface area contributed by atoms with Crippen LogP contribution in [0.4, 0.5) is 5.69 Å². The average molecular weight is 310 g/mol. The second-order valence-corrected chi connectivity index (χ2v) is 9.47. The topological polar surface area (TPSA) is 49.4 Å². The van der Waals surface area contributed by atoms with Gasteiger partial charge in [-0.25, -0.2) is 8.42 Å². The molecule has 0 aromatic heterocycles. The molecule has 1 unspecified atom stereocenters. The van der Waals surface area contributed by atoms with Crippen molar-refractivity contribution < 1.29 is 8.42 Å². The lowest BCUT2D eigenvalue weighted by molar-refractivity contribution is 0.517. The van der Waals surface area contributed by atoms with Gasteiger partial charge in [0.1, 0.15) is 0 Å². The summed E-state index contributed by atoms with van der Waals surface area (Å²) in [6.45, 7) is 6.76. The molecule has 0 aliphatic carbocycles. The molecule has 1 aromatic carbocycles. The molecule has 1 N–H and O–H groups in total. The van der Waals surface area contributed by atoms with Crippen LogP contribution in [-0.4, -0.2) is 39.1 Å². The summed E-state index contributed by atoms with van der Waals surface area (Å²) in [5.74, 6) is 0.203. The Balaban J connectivity index is 2.16. The molecule has 5 heteroatoms. The first-order valence-electron chi connectivity index (χ1n) is 7.50. The molecule has 1 aliphatic rings. The van der Waals surface area contributed by atoms with Gasteiger partial charge in [0.05, 0.1) is 10.5 Å². The van der Waals surface area contributed by atoms with Crippen molar-refractivity contribution in [2.45, 2.75) is 38.0 Å². The number of sulfone groups is 1. The van der Waals surface area contributed by atoms with E-state index >= 15 is 0 Å². The number of hydrogen-bond acceptors (Lipinski definition) is 4. The molecule has 0 radical (unpaired) electrons. The van der Waals surface area contributed by atoms with Crippen LogP contribution in [-0.2, 0) is 9.84 Å². The summed E-state index contributed by atoms with van der Waals surface area (Å²) in [6.07, 6.45) is 1.00. The number of para-hydroxylation sites is 1. The van der Waals surface area contributed by atoms with Gasteiger partial charge in [0.2, 0.25) is 0 Å². The van der Waals surface area contributed by atoms with E-state index in [0.717, 1.165) is 18.7 Å². The molecular formula is C16H26N2O2S. The van der Waals surface area contributed by atoms with Crippen molar-refractivity contribution in [3.63, 3.8) is 0 Å². The van der Waals surface area contributed by atoms with E-state index in [0.29, 0.717) is 12.6 Å². The molecule has 1 atom stereocenters. The fourth-order valence-corrected chi connectivity index (χ4v) is 3.77. The third-order valence-electron chi connectivity index (χ3n) is 4.25. The molecule has 0 spiro atoms. The second kappa shape index (κ2) is 5.97. The number of nitrogens with one attached hydrogen (secondary N) is 1. The van der Waals surface area contributed by atoms with Crippen molar-refractivity contribution in [3.8, 4) is 0 Å². The molecule has 0 saturated heterocycles. The van der Waals surface area contributed by atoms with Gasteiger partial charge < -0.3 is 10.2 Å². The fraction of sp³-hybridized carbons (Fsp3) is 0.625. The highest BCUT2D eigenvalue weighted by Gasteiger charge is 2.30. The predicted molar refractivity (Wildman–Crippen MR) is 88.6 cm³/mol. The minimum atomic E-state index is -3.08. The van der Waals surface area contributed by atoms with Gasteiger partial charge in [0.25, 0.3) is 0 Å². The van der Waals surface area contributed by atoms with Crippen LogP contribution < -0.4 is 10.2 Å². The Morgan fingerprint density at radius 1 is 1.29 bits per heavy atom. The molecule has 0 amide bonds. The van der Waals surface area contributed by atoms with Gasteiger partial charge in [-0.3, -0.25) is 0 Å². The van der Waals surface area contributed by atoms with Crippen molar-refractivity contribution in [3.05, 3.63) is 29.8 Å². The zero-order valence-corrected chi connectivity index (χ0v) is 14.2. The molecule has 0 bridgehead atoms. The summed E-state index contributed by atoms with van der Waals surface area (Å²) >= 11 is 0. The minimum Gasteiger partial charge on any atom is -0.370 e. The predicted octanol–water partition coefficient (Wildman–Crippen LogP) is 2.37. The molecule has 2 rings (SSSR count). The molecule has 0 fully saturated rings. The standard InChI is InChI=1S/C16H26N2O2S/c1-16(2,3)21(19,20)12-11-18-10-9-14(17-4)13-7-5-6-8-15(13)18/h5-8,14,17H,9-12H2,1-4H3. The van der Waals surface area contributed by atoms with Crippen LogP contribution in [0, 0.1) is 0 Å². The SMILES string of the molecule is CNC1CCN(CCS(=O)(=O)C(C)(C)C)c2ccccc21. The van der Waals surface area contributed by atoms with Gasteiger partial charge in [0.15, 0.2) is 9.84 Å². The van der Waals surface area contributed by atoms with E-state index < -0.39 is 14.6 Å². The molecule has 21 heavy (non-hydrogen) atoms. The van der Waals surface area contributed by atoms with Crippen LogP contribution in [0.1, 0.15) is 38.8 Å². The molecule has 4 nitrogen and oxygen atoms in total. The first-order valence-corrected chi connectivity index (χ1v) is 9.15. The van der Waals surface area contributed by atoms with Gasteiger partial charge in [-0.2, -0.15) is 0 Å². The van der Waals surface area contributed by atoms with Gasteiger partial charge in [-0.15, -0.1) is 0 Å². The van der Waals surface area contributed by atoms with E-state index in [1.54, 1.807) is 20.8 Å². The molecular weight excluding hydrogens is 284 g/mol. The normalized spacial score (nSPS) is 19.4. The number of fused-ring (bicyclic) bond motifs is 1. The highest BCUT2D eigenvalue weighted by Crippen LogP contribution is 2.33. The van der Waals surface area contributed by atoms with Crippen molar-refractivity contribution >= 4 is 15.5 Å². The van der Waals surface area contributed by atoms with E-state index in [1.165, 1.54) is 5.56 Å². The number of nitrogens with zero attached hydrogens (tertiary/aromatic N) is 1. The maximum absolute atomic E-state index is 12.3. The van der Waals surface area contributed by atoms with Crippen LogP contribution in [0.2, 0.25) is 0 Å². The Bertz CT molecular complexity index is 591. The zero-order chi connectivity index (χ0) is 15.7. The van der Waals surface area contributed by atoms with Crippen LogP contribution in [0.5, 0.6) is 0 Å². The average Bonchev–Trinajstić information content (AvgIpc) is 2.43. The molecule has 118 valence electrons. The summed E-state index contributed by atoms with van der Waals surface area (Å²) in [7, 11) is -1.10. The van der Waals surface area contributed by atoms with E-state index in [4.69, 9.17) is 0 Å². The van der Waals surface area contributed by atoms with Gasteiger partial charge in [-0.05, 0) is 45.9 Å². The third-order valence-corrected chi connectivity index (χ3v) is 6.84. The van der Waals surface area contributed by atoms with Crippen LogP contribution >= 0.6 is 0 Å². The molecule has 0 saturated carbocycles. The van der Waals surface area contributed by atoms with Crippen LogP contribution in [0.25, 0.3) is 0 Å². The maximum Gasteiger partial charge on any atom is 0.156 e. The van der Waals surface area contributed by atoms with E-state index in [2.05, 4.69) is 22.3 Å². The smallest absolute Gasteiger partial charge is 0.156 e. The Labute approximate surface area is 128 Å². The van der Waals surface area contributed by atoms with Gasteiger partial charge >= 0.3 is 0 Å². The monoisotopic (exact) mass is 310 g/mol. The summed E-state index contributed by atoms with van der Waals surface area (Å²) in [4.78, 5) is 2.20. The van der Waals surface area contributed by atoms with Gasteiger partial charge in [0, 0.05) is 24.8 Å². The van der Waals surface area contributed by atoms with Crippen LogP contribution in [0.3, 0.4) is 0 Å². The second-order valence-electron chi connectivity index (χ2n) is 6.61. The lowest BCUT2D eigenvalue weighted by Crippen LogP contribution is -2.40. The van der Waals surface area contributed by atoms with E-state index in [9.17, 15) is 8.42 Å². The highest BCUT2D eigenvalue weighted by atomic mass is 32.2. The van der Waals surface area contributed by atoms with Crippen molar-refractivity contribution in [1.82, 2.24) is 5.32 Å². The summed E-state index contributed by atoms with van der Waals surface area (Å²) in [5, 5.41) is 3.33. The first kappa shape index (κ1) is 16.3. The molecule has 1 aliphatic heterocycles. The first-order chi connectivity index (χ1) is 9.76. The number of rotatable bonds is 4. The van der Waals surface area contributed by atoms with Crippen molar-refractivity contribution in [2.75, 3.05) is 30.8 Å². The number of hydrogen-bond donors (Lipinski definition) is 1. The number of anilines is 1. The number of benzene rings is 1. The van der Waals surface area contributed by atoms with E-state index in [-0.39, 0.29) is 5.75 Å². The van der Waals surface area contributed by atoms with Gasteiger partial charge in [-0.1, -0.05) is 18.2 Å².